The van der Waals surface area contributed by atoms with Gasteiger partial charge in [-0.05, 0) is 31.4 Å². The molecule has 1 saturated carbocycles. The third kappa shape index (κ3) is 3.72. The minimum atomic E-state index is -2.55. The molecule has 1 atom stereocenters. The lowest BCUT2D eigenvalue weighted by Crippen LogP contribution is -2.23. The fourth-order valence-corrected chi connectivity index (χ4v) is 2.90. The molecule has 0 aliphatic heterocycles. The molecule has 23 heavy (non-hydrogen) atoms. The van der Waals surface area contributed by atoms with E-state index in [4.69, 9.17) is 0 Å². The van der Waals surface area contributed by atoms with E-state index in [2.05, 4.69) is 15.4 Å². The van der Waals surface area contributed by atoms with E-state index in [-0.39, 0.29) is 12.3 Å². The number of hydrogen-bond acceptors (Lipinski definition) is 3. The highest BCUT2D eigenvalue weighted by Crippen LogP contribution is 2.42. The van der Waals surface area contributed by atoms with Gasteiger partial charge >= 0.3 is 0 Å². The van der Waals surface area contributed by atoms with Crippen molar-refractivity contribution < 1.29 is 13.6 Å². The summed E-state index contributed by atoms with van der Waals surface area (Å²) in [5.41, 5.74) is 1.04. The molecule has 2 heterocycles. The molecule has 0 aromatic carbocycles. The van der Waals surface area contributed by atoms with Crippen LogP contribution in [0.25, 0.3) is 0 Å². The standard InChI is InChI=1S/C16H18F2N4O/c17-16(18)6-1-2-13(16)5-9-22-11-14(10-20-22)21-15(23)12-3-7-19-8-4-12/h3-4,7-8,10-11,13H,1-2,5-6,9H2,(H,21,23). The van der Waals surface area contributed by atoms with Gasteiger partial charge in [0.05, 0.1) is 11.9 Å². The Labute approximate surface area is 132 Å². The highest BCUT2D eigenvalue weighted by atomic mass is 19.3. The van der Waals surface area contributed by atoms with Crippen molar-refractivity contribution in [3.05, 3.63) is 42.5 Å². The number of hydrogen-bond donors (Lipinski definition) is 1. The number of aromatic nitrogens is 3. The molecule has 5 nitrogen and oxygen atoms in total. The molecule has 0 spiro atoms. The lowest BCUT2D eigenvalue weighted by atomic mass is 10.0. The molecule has 1 aliphatic rings. The van der Waals surface area contributed by atoms with E-state index in [1.165, 1.54) is 6.20 Å². The Bertz CT molecular complexity index is 672. The van der Waals surface area contributed by atoms with Crippen LogP contribution in [0, 0.1) is 5.92 Å². The Morgan fingerprint density at radius 1 is 1.39 bits per heavy atom. The zero-order valence-corrected chi connectivity index (χ0v) is 12.6. The van der Waals surface area contributed by atoms with E-state index in [1.807, 2.05) is 0 Å². The van der Waals surface area contributed by atoms with Gasteiger partial charge < -0.3 is 5.32 Å². The Morgan fingerprint density at radius 2 is 2.17 bits per heavy atom. The van der Waals surface area contributed by atoms with Gasteiger partial charge in [-0.25, -0.2) is 8.78 Å². The lowest BCUT2D eigenvalue weighted by Gasteiger charge is -2.18. The van der Waals surface area contributed by atoms with E-state index in [9.17, 15) is 13.6 Å². The predicted octanol–water partition coefficient (Wildman–Crippen LogP) is 3.36. The average Bonchev–Trinajstić information content (AvgIpc) is 3.12. The van der Waals surface area contributed by atoms with Crippen molar-refractivity contribution in [1.82, 2.24) is 14.8 Å². The van der Waals surface area contributed by atoms with E-state index >= 15 is 0 Å². The molecule has 1 fully saturated rings. The van der Waals surface area contributed by atoms with Crippen LogP contribution in [0.3, 0.4) is 0 Å². The first kappa shape index (κ1) is 15.6. The van der Waals surface area contributed by atoms with Crippen LogP contribution in [0.4, 0.5) is 14.5 Å². The van der Waals surface area contributed by atoms with Crippen LogP contribution < -0.4 is 5.32 Å². The van der Waals surface area contributed by atoms with Gasteiger partial charge in [0.2, 0.25) is 0 Å². The Balaban J connectivity index is 1.55. The highest BCUT2D eigenvalue weighted by Gasteiger charge is 2.43. The van der Waals surface area contributed by atoms with Gasteiger partial charge in [-0.3, -0.25) is 14.5 Å². The highest BCUT2D eigenvalue weighted by molar-refractivity contribution is 6.03. The summed E-state index contributed by atoms with van der Waals surface area (Å²) in [7, 11) is 0. The molecular weight excluding hydrogens is 302 g/mol. The Hall–Kier alpha value is -2.31. The number of anilines is 1. The monoisotopic (exact) mass is 320 g/mol. The number of alkyl halides is 2. The van der Waals surface area contributed by atoms with Gasteiger partial charge in [-0.1, -0.05) is 0 Å². The van der Waals surface area contributed by atoms with Gasteiger partial charge in [0, 0.05) is 43.0 Å². The normalized spacial score (nSPS) is 19.7. The minimum Gasteiger partial charge on any atom is -0.319 e. The van der Waals surface area contributed by atoms with Gasteiger partial charge in [0.15, 0.2) is 0 Å². The van der Waals surface area contributed by atoms with Gasteiger partial charge in [0.1, 0.15) is 0 Å². The summed E-state index contributed by atoms with van der Waals surface area (Å²) in [6.07, 6.45) is 7.80. The summed E-state index contributed by atoms with van der Waals surface area (Å²) >= 11 is 0. The number of halogens is 2. The van der Waals surface area contributed by atoms with E-state index in [0.717, 1.165) is 0 Å². The quantitative estimate of drug-likeness (QED) is 0.919. The third-order valence-corrected chi connectivity index (χ3v) is 4.20. The predicted molar refractivity (Wildman–Crippen MR) is 81.3 cm³/mol. The van der Waals surface area contributed by atoms with Crippen molar-refractivity contribution in [2.75, 3.05) is 5.32 Å². The molecule has 0 radical (unpaired) electrons. The zero-order chi connectivity index (χ0) is 16.3. The molecule has 1 amide bonds. The second-order valence-electron chi connectivity index (χ2n) is 5.82. The molecule has 7 heteroatoms. The summed E-state index contributed by atoms with van der Waals surface area (Å²) in [4.78, 5) is 15.9. The number of aryl methyl sites for hydroxylation is 1. The largest absolute Gasteiger partial charge is 0.319 e. The van der Waals surface area contributed by atoms with Crippen LogP contribution in [-0.2, 0) is 6.54 Å². The van der Waals surface area contributed by atoms with Crippen LogP contribution in [0.2, 0.25) is 0 Å². The minimum absolute atomic E-state index is 0.00991. The number of rotatable bonds is 5. The number of nitrogens with one attached hydrogen (secondary N) is 1. The molecule has 3 rings (SSSR count). The van der Waals surface area contributed by atoms with Crippen molar-refractivity contribution >= 4 is 11.6 Å². The first-order valence-corrected chi connectivity index (χ1v) is 7.66. The summed E-state index contributed by atoms with van der Waals surface area (Å²) in [6.45, 7) is 0.422. The number of nitrogens with zero attached hydrogens (tertiary/aromatic N) is 3. The average molecular weight is 320 g/mol. The molecule has 2 aromatic rings. The van der Waals surface area contributed by atoms with E-state index < -0.39 is 11.8 Å². The number of carbonyl (C=O) groups is 1. The molecular formula is C16H18F2N4O. The fourth-order valence-electron chi connectivity index (χ4n) is 2.90. The summed E-state index contributed by atoms with van der Waals surface area (Å²) in [5, 5.41) is 6.84. The molecule has 1 aliphatic carbocycles. The summed E-state index contributed by atoms with van der Waals surface area (Å²) < 4.78 is 28.8. The topological polar surface area (TPSA) is 59.8 Å². The third-order valence-electron chi connectivity index (χ3n) is 4.20. The molecule has 122 valence electrons. The summed E-state index contributed by atoms with van der Waals surface area (Å²) in [5.74, 6) is -3.37. The van der Waals surface area contributed by atoms with Crippen LogP contribution >= 0.6 is 0 Å². The first-order chi connectivity index (χ1) is 11.0. The van der Waals surface area contributed by atoms with Crippen molar-refractivity contribution in [2.24, 2.45) is 5.92 Å². The van der Waals surface area contributed by atoms with Crippen LogP contribution in [0.1, 0.15) is 36.0 Å². The number of amides is 1. The van der Waals surface area contributed by atoms with Crippen LogP contribution in [0.5, 0.6) is 0 Å². The molecule has 1 unspecified atom stereocenters. The van der Waals surface area contributed by atoms with Crippen LogP contribution in [-0.4, -0.2) is 26.6 Å². The fraction of sp³-hybridized carbons (Fsp3) is 0.438. The smallest absolute Gasteiger partial charge is 0.255 e. The molecule has 2 aromatic heterocycles. The second-order valence-corrected chi connectivity index (χ2v) is 5.82. The van der Waals surface area contributed by atoms with Crippen molar-refractivity contribution in [1.29, 1.82) is 0 Å². The Kier molecular flexibility index (Phi) is 4.36. The SMILES string of the molecule is O=C(Nc1cnn(CCC2CCCC2(F)F)c1)c1ccncc1. The first-order valence-electron chi connectivity index (χ1n) is 7.66. The number of carbonyl (C=O) groups excluding carboxylic acids is 1. The molecule has 1 N–H and O–H groups in total. The maximum Gasteiger partial charge on any atom is 0.255 e. The lowest BCUT2D eigenvalue weighted by molar-refractivity contribution is -0.0408. The summed E-state index contributed by atoms with van der Waals surface area (Å²) in [6, 6.07) is 3.23. The maximum atomic E-state index is 13.6. The van der Waals surface area contributed by atoms with Crippen molar-refractivity contribution in [2.45, 2.75) is 38.2 Å². The van der Waals surface area contributed by atoms with E-state index in [0.29, 0.717) is 37.1 Å². The van der Waals surface area contributed by atoms with Crippen molar-refractivity contribution in [3.8, 4) is 0 Å². The van der Waals surface area contributed by atoms with Gasteiger partial charge in [-0.2, -0.15) is 5.10 Å². The van der Waals surface area contributed by atoms with Crippen LogP contribution in [0.15, 0.2) is 36.9 Å². The molecule has 0 bridgehead atoms. The van der Waals surface area contributed by atoms with Gasteiger partial charge in [0.25, 0.3) is 11.8 Å². The maximum absolute atomic E-state index is 13.6. The molecule has 0 saturated heterocycles. The van der Waals surface area contributed by atoms with E-state index in [1.54, 1.807) is 35.4 Å². The van der Waals surface area contributed by atoms with Gasteiger partial charge in [-0.15, -0.1) is 0 Å². The number of pyridine rings is 1. The van der Waals surface area contributed by atoms with Crippen molar-refractivity contribution in [3.63, 3.8) is 0 Å². The second kappa shape index (κ2) is 6.44. The Morgan fingerprint density at radius 3 is 2.87 bits per heavy atom. The zero-order valence-electron chi connectivity index (χ0n) is 12.6.